The molecule has 98 valence electrons. The van der Waals surface area contributed by atoms with Gasteiger partial charge in [-0.25, -0.2) is 0 Å². The van der Waals surface area contributed by atoms with E-state index in [9.17, 15) is 9.59 Å². The van der Waals surface area contributed by atoms with Gasteiger partial charge in [-0.1, -0.05) is 24.3 Å². The molecular weight excluding hydrogens is 232 g/mol. The minimum atomic E-state index is -0.391. The van der Waals surface area contributed by atoms with Crippen molar-refractivity contribution in [3.8, 4) is 0 Å². The van der Waals surface area contributed by atoms with Crippen LogP contribution in [0.3, 0.4) is 0 Å². The van der Waals surface area contributed by atoms with E-state index >= 15 is 0 Å². The minimum absolute atomic E-state index is 0.154. The Labute approximate surface area is 107 Å². The largest absolute Gasteiger partial charge is 0.465 e. The van der Waals surface area contributed by atoms with E-state index in [1.165, 1.54) is 13.8 Å². The predicted molar refractivity (Wildman–Crippen MR) is 67.7 cm³/mol. The summed E-state index contributed by atoms with van der Waals surface area (Å²) in [6.07, 6.45) is 8.99. The van der Waals surface area contributed by atoms with Crippen molar-refractivity contribution < 1.29 is 19.1 Å². The number of allylic oxidation sites excluding steroid dienone is 4. The molecule has 2 atom stereocenters. The van der Waals surface area contributed by atoms with Gasteiger partial charge in [-0.05, 0) is 18.6 Å². The van der Waals surface area contributed by atoms with Gasteiger partial charge in [0.05, 0.1) is 5.92 Å². The van der Waals surface area contributed by atoms with Crippen molar-refractivity contribution in [2.45, 2.75) is 26.9 Å². The fraction of sp³-hybridized carbons (Fsp3) is 0.429. The van der Waals surface area contributed by atoms with Crippen LogP contribution in [0.2, 0.25) is 0 Å². The number of carbonyl (C=O) groups excluding carboxylic acids is 2. The van der Waals surface area contributed by atoms with Crippen LogP contribution in [0.15, 0.2) is 36.0 Å². The monoisotopic (exact) mass is 250 g/mol. The van der Waals surface area contributed by atoms with Crippen molar-refractivity contribution in [3.63, 3.8) is 0 Å². The summed E-state index contributed by atoms with van der Waals surface area (Å²) in [4.78, 5) is 22.0. The van der Waals surface area contributed by atoms with Crippen LogP contribution in [0.4, 0.5) is 0 Å². The molecule has 0 aromatic rings. The third-order valence-corrected chi connectivity index (χ3v) is 2.54. The molecule has 4 nitrogen and oxygen atoms in total. The van der Waals surface area contributed by atoms with E-state index in [2.05, 4.69) is 0 Å². The molecule has 2 unspecified atom stereocenters. The fourth-order valence-corrected chi connectivity index (χ4v) is 1.81. The predicted octanol–water partition coefficient (Wildman–Crippen LogP) is 2.17. The van der Waals surface area contributed by atoms with Gasteiger partial charge in [-0.2, -0.15) is 0 Å². The van der Waals surface area contributed by atoms with E-state index in [0.29, 0.717) is 0 Å². The lowest BCUT2D eigenvalue weighted by atomic mass is 9.89. The van der Waals surface area contributed by atoms with E-state index in [1.54, 1.807) is 6.08 Å². The Balaban J connectivity index is 2.83. The molecule has 0 heterocycles. The first-order chi connectivity index (χ1) is 8.54. The van der Waals surface area contributed by atoms with Crippen LogP contribution in [0.1, 0.15) is 20.8 Å². The molecule has 1 rings (SSSR count). The zero-order valence-corrected chi connectivity index (χ0v) is 10.9. The van der Waals surface area contributed by atoms with Crippen molar-refractivity contribution in [2.24, 2.45) is 5.92 Å². The van der Waals surface area contributed by atoms with Crippen LogP contribution in [-0.4, -0.2) is 24.6 Å². The fourth-order valence-electron chi connectivity index (χ4n) is 1.81. The molecule has 0 aromatic carbocycles. The molecular formula is C14H18O4. The van der Waals surface area contributed by atoms with E-state index in [-0.39, 0.29) is 24.5 Å². The Bertz CT molecular complexity index is 404. The average molecular weight is 250 g/mol. The number of hydrogen-bond acceptors (Lipinski definition) is 4. The first-order valence-electron chi connectivity index (χ1n) is 5.86. The van der Waals surface area contributed by atoms with Gasteiger partial charge < -0.3 is 9.47 Å². The Morgan fingerprint density at radius 2 is 2.06 bits per heavy atom. The van der Waals surface area contributed by atoms with Crippen LogP contribution in [0.5, 0.6) is 0 Å². The molecule has 1 aliphatic carbocycles. The van der Waals surface area contributed by atoms with Crippen LogP contribution in [0, 0.1) is 5.92 Å². The topological polar surface area (TPSA) is 52.6 Å². The Morgan fingerprint density at radius 1 is 1.33 bits per heavy atom. The highest BCUT2D eigenvalue weighted by Crippen LogP contribution is 2.25. The highest BCUT2D eigenvalue weighted by molar-refractivity contribution is 5.67. The summed E-state index contributed by atoms with van der Waals surface area (Å²) in [5.41, 5.74) is 0.979. The summed E-state index contributed by atoms with van der Waals surface area (Å²) < 4.78 is 10.3. The second-order valence-electron chi connectivity index (χ2n) is 4.03. The maximum atomic E-state index is 11.1. The van der Waals surface area contributed by atoms with Crippen molar-refractivity contribution in [1.82, 2.24) is 0 Å². The molecule has 4 heteroatoms. The molecule has 0 amide bonds. The van der Waals surface area contributed by atoms with E-state index < -0.39 is 6.10 Å². The van der Waals surface area contributed by atoms with Crippen LogP contribution < -0.4 is 0 Å². The zero-order valence-electron chi connectivity index (χ0n) is 10.9. The second kappa shape index (κ2) is 6.79. The summed E-state index contributed by atoms with van der Waals surface area (Å²) in [6, 6.07) is 0. The molecule has 0 spiro atoms. The average Bonchev–Trinajstić information content (AvgIpc) is 2.27. The van der Waals surface area contributed by atoms with Gasteiger partial charge >= 0.3 is 11.9 Å². The summed E-state index contributed by atoms with van der Waals surface area (Å²) in [5.74, 6) is -0.843. The SMILES string of the molecule is C/C=C/C1=CC=CC(OC(C)=O)C1COC(C)=O. The Kier molecular flexibility index (Phi) is 5.36. The van der Waals surface area contributed by atoms with E-state index in [0.717, 1.165) is 5.57 Å². The molecule has 18 heavy (non-hydrogen) atoms. The lowest BCUT2D eigenvalue weighted by molar-refractivity contribution is -0.148. The number of hydrogen-bond donors (Lipinski definition) is 0. The van der Waals surface area contributed by atoms with E-state index in [4.69, 9.17) is 9.47 Å². The van der Waals surface area contributed by atoms with Crippen molar-refractivity contribution in [1.29, 1.82) is 0 Å². The Morgan fingerprint density at radius 3 is 2.61 bits per heavy atom. The van der Waals surface area contributed by atoms with Gasteiger partial charge in [0.2, 0.25) is 0 Å². The molecule has 0 saturated carbocycles. The van der Waals surface area contributed by atoms with Crippen molar-refractivity contribution in [2.75, 3.05) is 6.61 Å². The number of carbonyl (C=O) groups is 2. The smallest absolute Gasteiger partial charge is 0.303 e. The molecule has 0 saturated heterocycles. The van der Waals surface area contributed by atoms with Crippen LogP contribution in [-0.2, 0) is 19.1 Å². The zero-order chi connectivity index (χ0) is 13.5. The van der Waals surface area contributed by atoms with Gasteiger partial charge in [-0.3, -0.25) is 9.59 Å². The lowest BCUT2D eigenvalue weighted by Gasteiger charge is -2.27. The summed E-state index contributed by atoms with van der Waals surface area (Å²) in [5, 5.41) is 0. The quantitative estimate of drug-likeness (QED) is 0.717. The summed E-state index contributed by atoms with van der Waals surface area (Å²) >= 11 is 0. The maximum Gasteiger partial charge on any atom is 0.303 e. The molecule has 0 radical (unpaired) electrons. The third kappa shape index (κ3) is 4.20. The first-order valence-corrected chi connectivity index (χ1v) is 5.86. The molecule has 0 bridgehead atoms. The number of rotatable bonds is 4. The highest BCUT2D eigenvalue weighted by atomic mass is 16.6. The molecule has 0 aromatic heterocycles. The summed E-state index contributed by atoms with van der Waals surface area (Å²) in [6.45, 7) is 4.83. The van der Waals surface area contributed by atoms with Crippen molar-refractivity contribution >= 4 is 11.9 Å². The first kappa shape index (κ1) is 14.2. The van der Waals surface area contributed by atoms with Gasteiger partial charge in [0.1, 0.15) is 12.7 Å². The Hall–Kier alpha value is -1.84. The standard InChI is InChI=1S/C14H18O4/c1-4-6-12-7-5-8-14(18-11(3)16)13(12)9-17-10(2)15/h4-8,13-14H,9H2,1-3H3/b6-4+. The van der Waals surface area contributed by atoms with Gasteiger partial charge in [-0.15, -0.1) is 0 Å². The van der Waals surface area contributed by atoms with Crippen molar-refractivity contribution in [3.05, 3.63) is 36.0 Å². The van der Waals surface area contributed by atoms with Crippen LogP contribution in [0.25, 0.3) is 0 Å². The van der Waals surface area contributed by atoms with Gasteiger partial charge in [0.15, 0.2) is 0 Å². The number of esters is 2. The number of ether oxygens (including phenoxy) is 2. The normalized spacial score (nSPS) is 22.7. The second-order valence-corrected chi connectivity index (χ2v) is 4.03. The van der Waals surface area contributed by atoms with Gasteiger partial charge in [0, 0.05) is 13.8 Å². The minimum Gasteiger partial charge on any atom is -0.465 e. The highest BCUT2D eigenvalue weighted by Gasteiger charge is 2.27. The van der Waals surface area contributed by atoms with Crippen LogP contribution >= 0.6 is 0 Å². The molecule has 0 fully saturated rings. The lowest BCUT2D eigenvalue weighted by Crippen LogP contribution is -2.31. The third-order valence-electron chi connectivity index (χ3n) is 2.54. The molecule has 1 aliphatic rings. The van der Waals surface area contributed by atoms with E-state index in [1.807, 2.05) is 31.2 Å². The molecule has 0 aliphatic heterocycles. The molecule has 0 N–H and O–H groups in total. The summed E-state index contributed by atoms with van der Waals surface area (Å²) in [7, 11) is 0. The van der Waals surface area contributed by atoms with Gasteiger partial charge in [0.25, 0.3) is 0 Å². The maximum absolute atomic E-state index is 11.1.